The van der Waals surface area contributed by atoms with Crippen molar-refractivity contribution in [1.29, 1.82) is 0 Å². The molecule has 5 rings (SSSR count). The SMILES string of the molecule is Cc1c(I)cc(CN2CCN(C(=O)OCC3c4ccccc4-c4ccccc43)CC2)c(C)c1S(=O)(=O)F. The number of piperazine rings is 1. The Morgan fingerprint density at radius 2 is 1.54 bits per heavy atom. The number of hydrogen-bond donors (Lipinski definition) is 0. The van der Waals surface area contributed by atoms with E-state index in [9.17, 15) is 17.1 Å². The van der Waals surface area contributed by atoms with Gasteiger partial charge in [-0.05, 0) is 81.4 Å². The van der Waals surface area contributed by atoms with Gasteiger partial charge in [-0.2, -0.15) is 8.42 Å². The lowest BCUT2D eigenvalue weighted by Crippen LogP contribution is -2.48. The first-order chi connectivity index (χ1) is 17.6. The van der Waals surface area contributed by atoms with Crippen LogP contribution in [0.1, 0.15) is 33.7 Å². The van der Waals surface area contributed by atoms with Crippen molar-refractivity contribution >= 4 is 38.9 Å². The highest BCUT2D eigenvalue weighted by atomic mass is 127. The van der Waals surface area contributed by atoms with Crippen LogP contribution in [-0.2, 0) is 21.5 Å². The van der Waals surface area contributed by atoms with Gasteiger partial charge >= 0.3 is 16.3 Å². The predicted octanol–water partition coefficient (Wildman–Crippen LogP) is 5.63. The number of carbonyl (C=O) groups excluding carboxylic acids is 1. The van der Waals surface area contributed by atoms with Crippen LogP contribution < -0.4 is 0 Å². The molecule has 1 aliphatic heterocycles. The highest BCUT2D eigenvalue weighted by Crippen LogP contribution is 2.44. The summed E-state index contributed by atoms with van der Waals surface area (Å²) < 4.78 is 44.0. The van der Waals surface area contributed by atoms with Crippen molar-refractivity contribution in [1.82, 2.24) is 9.80 Å². The summed E-state index contributed by atoms with van der Waals surface area (Å²) in [7, 11) is -4.81. The Morgan fingerprint density at radius 3 is 2.11 bits per heavy atom. The Balaban J connectivity index is 1.21. The number of carbonyl (C=O) groups is 1. The van der Waals surface area contributed by atoms with Crippen LogP contribution in [0.15, 0.2) is 59.5 Å². The minimum atomic E-state index is -4.81. The quantitative estimate of drug-likeness (QED) is 0.269. The van der Waals surface area contributed by atoms with Gasteiger partial charge in [-0.15, -0.1) is 3.89 Å². The molecule has 0 spiro atoms. The number of hydrogen-bond acceptors (Lipinski definition) is 5. The smallest absolute Gasteiger partial charge is 0.409 e. The lowest BCUT2D eigenvalue weighted by atomic mass is 9.98. The molecule has 3 aromatic carbocycles. The third kappa shape index (κ3) is 5.13. The van der Waals surface area contributed by atoms with E-state index in [2.05, 4.69) is 29.2 Å². The van der Waals surface area contributed by atoms with E-state index >= 15 is 0 Å². The first-order valence-corrected chi connectivity index (χ1v) is 14.7. The van der Waals surface area contributed by atoms with Gasteiger partial charge in [-0.1, -0.05) is 48.5 Å². The van der Waals surface area contributed by atoms with Gasteiger partial charge in [-0.3, -0.25) is 4.90 Å². The second kappa shape index (κ2) is 10.3. The molecule has 0 saturated carbocycles. The van der Waals surface area contributed by atoms with Crippen molar-refractivity contribution in [2.75, 3.05) is 32.8 Å². The summed E-state index contributed by atoms with van der Waals surface area (Å²) in [5, 5.41) is 0. The molecule has 1 aliphatic carbocycles. The van der Waals surface area contributed by atoms with Crippen molar-refractivity contribution in [3.05, 3.63) is 86.0 Å². The second-order valence-electron chi connectivity index (χ2n) is 9.60. The molecular formula is C28H28FIN2O4S. The maximum absolute atomic E-state index is 14.0. The Hall–Kier alpha value is -2.50. The number of halogens is 2. The molecule has 0 unspecified atom stereocenters. The van der Waals surface area contributed by atoms with Crippen LogP contribution in [0.5, 0.6) is 0 Å². The molecule has 3 aromatic rings. The fourth-order valence-electron chi connectivity index (χ4n) is 5.45. The minimum Gasteiger partial charge on any atom is -0.448 e. The highest BCUT2D eigenvalue weighted by Gasteiger charge is 2.31. The van der Waals surface area contributed by atoms with Gasteiger partial charge in [0.1, 0.15) is 11.5 Å². The topological polar surface area (TPSA) is 66.9 Å². The fraction of sp³-hybridized carbons (Fsp3) is 0.321. The maximum Gasteiger partial charge on any atom is 0.409 e. The summed E-state index contributed by atoms with van der Waals surface area (Å²) in [6.07, 6.45) is -0.326. The molecule has 0 radical (unpaired) electrons. The van der Waals surface area contributed by atoms with E-state index in [1.54, 1.807) is 18.7 Å². The lowest BCUT2D eigenvalue weighted by Gasteiger charge is -2.34. The molecule has 1 amide bonds. The number of ether oxygens (including phenoxy) is 1. The van der Waals surface area contributed by atoms with Crippen molar-refractivity contribution in [3.8, 4) is 11.1 Å². The molecule has 0 aromatic heterocycles. The standard InChI is InChI=1S/C28H28FIN2O4S/c1-18-20(15-26(30)19(2)27(18)37(29,34)35)16-31-11-13-32(14-12-31)28(33)36-17-25-23-9-5-3-7-21(23)22-8-4-6-10-24(22)25/h3-10,15,25H,11-14,16-17H2,1-2H3. The average molecular weight is 635 g/mol. The van der Waals surface area contributed by atoms with Crippen LogP contribution in [-0.4, -0.2) is 57.1 Å². The van der Waals surface area contributed by atoms with Gasteiger partial charge in [0.15, 0.2) is 0 Å². The van der Waals surface area contributed by atoms with Crippen LogP contribution >= 0.6 is 22.6 Å². The Labute approximate surface area is 230 Å². The highest BCUT2D eigenvalue weighted by molar-refractivity contribution is 14.1. The van der Waals surface area contributed by atoms with Gasteiger partial charge in [-0.25, -0.2) is 4.79 Å². The van der Waals surface area contributed by atoms with E-state index in [0.717, 1.165) is 5.56 Å². The van der Waals surface area contributed by atoms with Gasteiger partial charge in [0, 0.05) is 42.2 Å². The zero-order chi connectivity index (χ0) is 26.3. The van der Waals surface area contributed by atoms with E-state index in [1.165, 1.54) is 22.3 Å². The van der Waals surface area contributed by atoms with E-state index in [0.29, 0.717) is 47.4 Å². The van der Waals surface area contributed by atoms with Crippen LogP contribution in [0, 0.1) is 17.4 Å². The molecule has 1 heterocycles. The van der Waals surface area contributed by atoms with Crippen LogP contribution in [0.25, 0.3) is 11.1 Å². The molecule has 37 heavy (non-hydrogen) atoms. The molecular weight excluding hydrogens is 606 g/mol. The van der Waals surface area contributed by atoms with E-state index < -0.39 is 10.2 Å². The first-order valence-electron chi connectivity index (χ1n) is 12.2. The van der Waals surface area contributed by atoms with E-state index in [-0.39, 0.29) is 23.5 Å². The van der Waals surface area contributed by atoms with Crippen molar-refractivity contribution < 1.29 is 21.8 Å². The average Bonchev–Trinajstić information content (AvgIpc) is 3.19. The molecule has 1 fully saturated rings. The largest absolute Gasteiger partial charge is 0.448 e. The van der Waals surface area contributed by atoms with Crippen molar-refractivity contribution in [2.45, 2.75) is 31.2 Å². The molecule has 9 heteroatoms. The molecule has 0 bridgehead atoms. The summed E-state index contributed by atoms with van der Waals surface area (Å²) in [5.41, 5.74) is 6.40. The third-order valence-corrected chi connectivity index (χ3v) is 9.65. The molecule has 1 saturated heterocycles. The number of benzene rings is 3. The van der Waals surface area contributed by atoms with Crippen LogP contribution in [0.3, 0.4) is 0 Å². The number of rotatable bonds is 5. The second-order valence-corrected chi connectivity index (χ2v) is 12.0. The van der Waals surface area contributed by atoms with Crippen LogP contribution in [0.4, 0.5) is 8.68 Å². The minimum absolute atomic E-state index is 0.0191. The van der Waals surface area contributed by atoms with E-state index in [4.69, 9.17) is 4.74 Å². The molecule has 6 nitrogen and oxygen atoms in total. The summed E-state index contributed by atoms with van der Waals surface area (Å²) >= 11 is 2.04. The normalized spacial score (nSPS) is 15.9. The molecule has 194 valence electrons. The van der Waals surface area contributed by atoms with Crippen molar-refractivity contribution in [2.24, 2.45) is 0 Å². The Morgan fingerprint density at radius 1 is 0.973 bits per heavy atom. The number of fused-ring (bicyclic) bond motifs is 3. The van der Waals surface area contributed by atoms with Crippen LogP contribution in [0.2, 0.25) is 0 Å². The Bertz CT molecular complexity index is 1420. The zero-order valence-electron chi connectivity index (χ0n) is 20.7. The zero-order valence-corrected chi connectivity index (χ0v) is 23.7. The van der Waals surface area contributed by atoms with Gasteiger partial charge in [0.05, 0.1) is 0 Å². The molecule has 0 atom stereocenters. The summed E-state index contributed by atoms with van der Waals surface area (Å²) in [6, 6.07) is 18.4. The van der Waals surface area contributed by atoms with Gasteiger partial charge in [0.25, 0.3) is 0 Å². The monoisotopic (exact) mass is 634 g/mol. The summed E-state index contributed by atoms with van der Waals surface area (Å²) in [5.74, 6) is 0.0191. The number of nitrogens with zero attached hydrogens (tertiary/aromatic N) is 2. The van der Waals surface area contributed by atoms with Gasteiger partial charge in [0.2, 0.25) is 0 Å². The van der Waals surface area contributed by atoms with E-state index in [1.807, 2.05) is 52.9 Å². The fourth-order valence-corrected chi connectivity index (χ4v) is 7.25. The molecule has 2 aliphatic rings. The maximum atomic E-state index is 14.0. The van der Waals surface area contributed by atoms with Gasteiger partial charge < -0.3 is 9.64 Å². The van der Waals surface area contributed by atoms with Crippen molar-refractivity contribution in [3.63, 3.8) is 0 Å². The summed E-state index contributed by atoms with van der Waals surface area (Å²) in [4.78, 5) is 16.5. The lowest BCUT2D eigenvalue weighted by molar-refractivity contribution is 0.0728. The first kappa shape index (κ1) is 26.1. The predicted molar refractivity (Wildman–Crippen MR) is 149 cm³/mol. The summed E-state index contributed by atoms with van der Waals surface area (Å²) in [6.45, 7) is 6.30. The third-order valence-electron chi connectivity index (χ3n) is 7.43. The number of amides is 1. The Kier molecular flexibility index (Phi) is 7.30. The molecule has 0 N–H and O–H groups in total.